The van der Waals surface area contributed by atoms with E-state index in [1.807, 2.05) is 0 Å². The van der Waals surface area contributed by atoms with Gasteiger partial charge in [0.15, 0.2) is 0 Å². The lowest BCUT2D eigenvalue weighted by Crippen LogP contribution is -2.38. The van der Waals surface area contributed by atoms with Crippen LogP contribution in [0.25, 0.3) is 11.3 Å². The number of aromatic nitrogens is 4. The molecule has 1 aliphatic carbocycles. The Bertz CT molecular complexity index is 851. The van der Waals surface area contributed by atoms with Crippen LogP contribution in [0.4, 0.5) is 17.7 Å². The molecule has 0 amide bonds. The van der Waals surface area contributed by atoms with Gasteiger partial charge in [-0.25, -0.2) is 15.0 Å². The van der Waals surface area contributed by atoms with Gasteiger partial charge in [-0.15, -0.1) is 0 Å². The molecule has 8 nitrogen and oxygen atoms in total. The number of anilines is 3. The molecule has 0 spiro atoms. The van der Waals surface area contributed by atoms with E-state index in [1.165, 1.54) is 12.8 Å². The van der Waals surface area contributed by atoms with Crippen LogP contribution in [-0.2, 0) is 4.74 Å². The molecule has 2 N–H and O–H groups in total. The van der Waals surface area contributed by atoms with Crippen LogP contribution in [0.15, 0.2) is 18.5 Å². The zero-order valence-corrected chi connectivity index (χ0v) is 14.5. The predicted molar refractivity (Wildman–Crippen MR) is 96.8 cm³/mol. The summed E-state index contributed by atoms with van der Waals surface area (Å²) < 4.78 is 5.76. The average Bonchev–Trinajstić information content (AvgIpc) is 3.41. The topological polar surface area (TPSA) is 93.3 Å². The molecule has 5 aliphatic rings. The number of nitrogen functional groups attached to an aromatic ring is 1. The Morgan fingerprint density at radius 3 is 2.50 bits per heavy atom. The number of hydrogen-bond donors (Lipinski definition) is 1. The molecule has 0 radical (unpaired) electrons. The van der Waals surface area contributed by atoms with E-state index in [-0.39, 0.29) is 5.95 Å². The van der Waals surface area contributed by atoms with Crippen molar-refractivity contribution in [2.75, 3.05) is 35.2 Å². The average molecular weight is 351 g/mol. The van der Waals surface area contributed by atoms with Gasteiger partial charge < -0.3 is 20.3 Å². The number of morpholine rings is 1. The Kier molecular flexibility index (Phi) is 2.97. The van der Waals surface area contributed by atoms with Crippen molar-refractivity contribution in [3.63, 3.8) is 0 Å². The first-order chi connectivity index (χ1) is 12.7. The summed E-state index contributed by atoms with van der Waals surface area (Å²) in [5.74, 6) is 2.91. The van der Waals surface area contributed by atoms with Crippen LogP contribution in [-0.4, -0.2) is 57.8 Å². The Labute approximate surface area is 151 Å². The highest BCUT2D eigenvalue weighted by molar-refractivity contribution is 5.65. The minimum Gasteiger partial charge on any atom is -0.374 e. The van der Waals surface area contributed by atoms with Crippen LogP contribution in [0.5, 0.6) is 0 Å². The predicted octanol–water partition coefficient (Wildman–Crippen LogP) is 1.09. The fourth-order valence-corrected chi connectivity index (χ4v) is 4.77. The van der Waals surface area contributed by atoms with E-state index in [9.17, 15) is 0 Å². The molecule has 0 aromatic carbocycles. The third-order valence-corrected chi connectivity index (χ3v) is 6.23. The Morgan fingerprint density at radius 2 is 1.85 bits per heavy atom. The number of nitrogens with zero attached hydrogens (tertiary/aromatic N) is 6. The SMILES string of the molecule is Nc1ncc(-c2cc(N3C[C@H]4C[C@@H]3CO4)nc(N3CC4CC3C4)n2)cn1. The molecular formula is C18H21N7O. The van der Waals surface area contributed by atoms with Crippen LogP contribution < -0.4 is 15.5 Å². The van der Waals surface area contributed by atoms with E-state index in [0.29, 0.717) is 18.2 Å². The van der Waals surface area contributed by atoms with Gasteiger partial charge in [0.2, 0.25) is 11.9 Å². The monoisotopic (exact) mass is 351 g/mol. The van der Waals surface area contributed by atoms with E-state index < -0.39 is 0 Å². The smallest absolute Gasteiger partial charge is 0.228 e. The van der Waals surface area contributed by atoms with E-state index in [1.54, 1.807) is 12.4 Å². The molecular weight excluding hydrogens is 330 g/mol. The minimum atomic E-state index is 0.276. The molecule has 6 heterocycles. The molecule has 1 saturated carbocycles. The lowest BCUT2D eigenvalue weighted by atomic mass is 9.86. The van der Waals surface area contributed by atoms with Crippen molar-refractivity contribution >= 4 is 17.7 Å². The van der Waals surface area contributed by atoms with Crippen molar-refractivity contribution in [2.45, 2.75) is 37.5 Å². The molecule has 2 aromatic heterocycles. The summed E-state index contributed by atoms with van der Waals surface area (Å²) in [4.78, 5) is 22.8. The molecule has 4 aliphatic heterocycles. The molecule has 2 aromatic rings. The molecule has 7 rings (SSSR count). The number of nitrogens with two attached hydrogens (primary N) is 1. The molecule has 26 heavy (non-hydrogen) atoms. The first-order valence-electron chi connectivity index (χ1n) is 9.35. The minimum absolute atomic E-state index is 0.276. The number of rotatable bonds is 3. The summed E-state index contributed by atoms with van der Waals surface area (Å²) in [6.07, 6.45) is 7.45. The second-order valence-corrected chi connectivity index (χ2v) is 7.88. The zero-order valence-electron chi connectivity index (χ0n) is 14.5. The molecule has 134 valence electrons. The fourth-order valence-electron chi connectivity index (χ4n) is 4.77. The third-order valence-electron chi connectivity index (χ3n) is 6.23. The summed E-state index contributed by atoms with van der Waals surface area (Å²) >= 11 is 0. The Balaban J connectivity index is 1.43. The number of fused-ring (bicyclic) bond motifs is 3. The fraction of sp³-hybridized carbons (Fsp3) is 0.556. The summed E-state index contributed by atoms with van der Waals surface area (Å²) in [7, 11) is 0. The van der Waals surface area contributed by atoms with E-state index in [0.717, 1.165) is 55.1 Å². The van der Waals surface area contributed by atoms with Gasteiger partial charge in [0.1, 0.15) is 5.82 Å². The standard InChI is InChI=1S/C18H21N7O/c19-17-20-5-11(6-21-17)15-4-16(24-8-14-3-13(24)9-26-14)23-18(22-15)25-7-10-1-12(25)2-10/h4-6,10,12-14H,1-3,7-9H2,(H2,19,20,21)/t10?,12?,13-,14-/m1/s1. The lowest BCUT2D eigenvalue weighted by molar-refractivity contribution is 0.0989. The van der Waals surface area contributed by atoms with Gasteiger partial charge in [-0.05, 0) is 25.2 Å². The van der Waals surface area contributed by atoms with Crippen molar-refractivity contribution in [3.8, 4) is 11.3 Å². The molecule has 8 heteroatoms. The van der Waals surface area contributed by atoms with Gasteiger partial charge in [-0.1, -0.05) is 0 Å². The maximum Gasteiger partial charge on any atom is 0.228 e. The van der Waals surface area contributed by atoms with Crippen LogP contribution >= 0.6 is 0 Å². The van der Waals surface area contributed by atoms with Crippen molar-refractivity contribution in [1.82, 2.24) is 19.9 Å². The number of hydrogen-bond acceptors (Lipinski definition) is 8. The number of ether oxygens (including phenoxy) is 1. The van der Waals surface area contributed by atoms with Crippen molar-refractivity contribution < 1.29 is 4.74 Å². The Hall–Kier alpha value is -2.48. The van der Waals surface area contributed by atoms with E-state index in [4.69, 9.17) is 20.4 Å². The third kappa shape index (κ3) is 2.18. The second-order valence-electron chi connectivity index (χ2n) is 7.88. The van der Waals surface area contributed by atoms with Crippen LogP contribution in [0.3, 0.4) is 0 Å². The van der Waals surface area contributed by atoms with Gasteiger partial charge in [0.25, 0.3) is 0 Å². The van der Waals surface area contributed by atoms with Crippen molar-refractivity contribution in [1.29, 1.82) is 0 Å². The Morgan fingerprint density at radius 1 is 1.00 bits per heavy atom. The highest BCUT2D eigenvalue weighted by Crippen LogP contribution is 2.43. The van der Waals surface area contributed by atoms with E-state index >= 15 is 0 Å². The first-order valence-corrected chi connectivity index (χ1v) is 9.35. The molecule has 0 unspecified atom stereocenters. The van der Waals surface area contributed by atoms with Crippen LogP contribution in [0.2, 0.25) is 0 Å². The molecule has 2 atom stereocenters. The summed E-state index contributed by atoms with van der Waals surface area (Å²) in [6, 6.07) is 3.08. The summed E-state index contributed by atoms with van der Waals surface area (Å²) in [5, 5.41) is 0. The van der Waals surface area contributed by atoms with Crippen molar-refractivity contribution in [2.24, 2.45) is 5.92 Å². The van der Waals surface area contributed by atoms with Crippen molar-refractivity contribution in [3.05, 3.63) is 18.5 Å². The quantitative estimate of drug-likeness (QED) is 0.878. The normalized spacial score (nSPS) is 31.5. The highest BCUT2D eigenvalue weighted by Gasteiger charge is 2.45. The van der Waals surface area contributed by atoms with Gasteiger partial charge in [0.05, 0.1) is 24.4 Å². The van der Waals surface area contributed by atoms with E-state index in [2.05, 4.69) is 25.8 Å². The largest absolute Gasteiger partial charge is 0.374 e. The van der Waals surface area contributed by atoms with Crippen LogP contribution in [0, 0.1) is 5.92 Å². The summed E-state index contributed by atoms with van der Waals surface area (Å²) in [6.45, 7) is 2.77. The van der Waals surface area contributed by atoms with Gasteiger partial charge in [-0.3, -0.25) is 0 Å². The highest BCUT2D eigenvalue weighted by atomic mass is 16.5. The first kappa shape index (κ1) is 14.7. The molecule has 4 bridgehead atoms. The lowest BCUT2D eigenvalue weighted by Gasteiger charge is -2.30. The molecule has 5 fully saturated rings. The van der Waals surface area contributed by atoms with Gasteiger partial charge in [0, 0.05) is 43.2 Å². The van der Waals surface area contributed by atoms with Gasteiger partial charge in [-0.2, -0.15) is 4.98 Å². The maximum absolute atomic E-state index is 5.76. The van der Waals surface area contributed by atoms with Gasteiger partial charge >= 0.3 is 0 Å². The maximum atomic E-state index is 5.76. The second kappa shape index (κ2) is 5.26. The zero-order chi connectivity index (χ0) is 17.3. The summed E-state index contributed by atoms with van der Waals surface area (Å²) in [5.41, 5.74) is 7.37. The molecule has 4 saturated heterocycles. The van der Waals surface area contributed by atoms with Crippen LogP contribution in [0.1, 0.15) is 19.3 Å².